The van der Waals surface area contributed by atoms with Crippen LogP contribution < -0.4 is 10.1 Å². The van der Waals surface area contributed by atoms with E-state index in [0.29, 0.717) is 25.3 Å². The molecule has 0 aromatic heterocycles. The third-order valence-corrected chi connectivity index (χ3v) is 3.08. The number of hydrogen-bond acceptors (Lipinski definition) is 4. The summed E-state index contributed by atoms with van der Waals surface area (Å²) in [5, 5.41) is 3.34. The summed E-state index contributed by atoms with van der Waals surface area (Å²) < 4.78 is 10.5. The maximum absolute atomic E-state index is 11.5. The summed E-state index contributed by atoms with van der Waals surface area (Å²) in [5.41, 5.74) is 1.58. The predicted octanol–water partition coefficient (Wildman–Crippen LogP) is 2.22. The highest BCUT2D eigenvalue weighted by Crippen LogP contribution is 2.31. The van der Waals surface area contributed by atoms with Crippen molar-refractivity contribution >= 4 is 5.97 Å². The van der Waals surface area contributed by atoms with Crippen LogP contribution in [0.25, 0.3) is 0 Å². The molecule has 0 fully saturated rings. The zero-order valence-corrected chi connectivity index (χ0v) is 11.1. The number of rotatable bonds is 5. The second-order valence-electron chi connectivity index (χ2n) is 4.43. The molecule has 0 spiro atoms. The molecule has 1 unspecified atom stereocenters. The first kappa shape index (κ1) is 13.6. The van der Waals surface area contributed by atoms with E-state index in [1.165, 1.54) is 0 Å². The third-order valence-electron chi connectivity index (χ3n) is 3.08. The van der Waals surface area contributed by atoms with E-state index in [1.54, 1.807) is 6.92 Å². The van der Waals surface area contributed by atoms with E-state index in [4.69, 9.17) is 9.47 Å². The number of para-hydroxylation sites is 1. The minimum Gasteiger partial charge on any atom is -0.493 e. The average molecular weight is 261 g/mol. The largest absolute Gasteiger partial charge is 0.493 e. The van der Waals surface area contributed by atoms with Crippen LogP contribution in [0.3, 0.4) is 0 Å². The highest BCUT2D eigenvalue weighted by atomic mass is 16.5. The Morgan fingerprint density at radius 3 is 3.11 bits per heavy atom. The quantitative estimate of drug-likeness (QED) is 0.652. The molecular weight excluding hydrogens is 242 g/mol. The van der Waals surface area contributed by atoms with Gasteiger partial charge in [0.25, 0.3) is 0 Å². The lowest BCUT2D eigenvalue weighted by Gasteiger charge is -2.26. The fourth-order valence-electron chi connectivity index (χ4n) is 2.11. The van der Waals surface area contributed by atoms with E-state index in [-0.39, 0.29) is 12.0 Å². The lowest BCUT2D eigenvalue weighted by molar-refractivity contribution is -0.138. The summed E-state index contributed by atoms with van der Waals surface area (Å²) in [5.74, 6) is 0.573. The molecule has 1 aromatic carbocycles. The molecular formula is C15H19NO3. The summed E-state index contributed by atoms with van der Waals surface area (Å²) in [6.07, 6.45) is 0.882. The van der Waals surface area contributed by atoms with Crippen molar-refractivity contribution in [3.05, 3.63) is 42.0 Å². The first-order chi connectivity index (χ1) is 9.22. The summed E-state index contributed by atoms with van der Waals surface area (Å²) in [6, 6.07) is 8.14. The lowest BCUT2D eigenvalue weighted by Crippen LogP contribution is -2.30. The Labute approximate surface area is 113 Å². The van der Waals surface area contributed by atoms with E-state index >= 15 is 0 Å². The number of benzene rings is 1. The standard InChI is InChI=1S/C15H19NO3/c1-3-18-15(17)11(2)10-16-13-8-9-19-14-7-5-4-6-12(13)14/h4-7,13,16H,2-3,8-10H2,1H3. The molecule has 0 bridgehead atoms. The van der Waals surface area contributed by atoms with Crippen LogP contribution in [0.4, 0.5) is 0 Å². The highest BCUT2D eigenvalue weighted by Gasteiger charge is 2.21. The minimum absolute atomic E-state index is 0.191. The molecule has 0 aliphatic carbocycles. The van der Waals surface area contributed by atoms with E-state index in [9.17, 15) is 4.79 Å². The second kappa shape index (κ2) is 6.38. The van der Waals surface area contributed by atoms with Crippen molar-refractivity contribution in [2.24, 2.45) is 0 Å². The Kier molecular flexibility index (Phi) is 4.58. The third kappa shape index (κ3) is 3.35. The molecule has 1 aliphatic rings. The number of ether oxygens (including phenoxy) is 2. The number of hydrogen-bond donors (Lipinski definition) is 1. The van der Waals surface area contributed by atoms with Crippen LogP contribution in [-0.2, 0) is 9.53 Å². The van der Waals surface area contributed by atoms with Crippen molar-refractivity contribution in [1.29, 1.82) is 0 Å². The molecule has 19 heavy (non-hydrogen) atoms. The van der Waals surface area contributed by atoms with Crippen LogP contribution >= 0.6 is 0 Å². The zero-order valence-electron chi connectivity index (χ0n) is 11.1. The Hall–Kier alpha value is -1.81. The van der Waals surface area contributed by atoms with Gasteiger partial charge in [-0.3, -0.25) is 0 Å². The van der Waals surface area contributed by atoms with E-state index in [0.717, 1.165) is 17.7 Å². The van der Waals surface area contributed by atoms with Crippen LogP contribution in [0.15, 0.2) is 36.4 Å². The van der Waals surface area contributed by atoms with Crippen molar-refractivity contribution in [3.8, 4) is 5.75 Å². The Bertz CT molecular complexity index is 470. The molecule has 0 amide bonds. The van der Waals surface area contributed by atoms with Gasteiger partial charge in [0.05, 0.1) is 13.2 Å². The van der Waals surface area contributed by atoms with Gasteiger partial charge in [-0.1, -0.05) is 24.8 Å². The fraction of sp³-hybridized carbons (Fsp3) is 0.400. The van der Waals surface area contributed by atoms with Gasteiger partial charge in [-0.25, -0.2) is 4.79 Å². The molecule has 1 aromatic rings. The summed E-state index contributed by atoms with van der Waals surface area (Å²) in [7, 11) is 0. The molecule has 0 saturated carbocycles. The van der Waals surface area contributed by atoms with Gasteiger partial charge in [-0.15, -0.1) is 0 Å². The van der Waals surface area contributed by atoms with E-state index in [1.807, 2.05) is 24.3 Å². The van der Waals surface area contributed by atoms with Crippen LogP contribution in [0.2, 0.25) is 0 Å². The normalized spacial score (nSPS) is 17.2. The van der Waals surface area contributed by atoms with Gasteiger partial charge < -0.3 is 14.8 Å². The molecule has 1 atom stereocenters. The van der Waals surface area contributed by atoms with Crippen molar-refractivity contribution in [2.45, 2.75) is 19.4 Å². The molecule has 2 rings (SSSR count). The highest BCUT2D eigenvalue weighted by molar-refractivity contribution is 5.88. The van der Waals surface area contributed by atoms with Gasteiger partial charge in [0.2, 0.25) is 0 Å². The van der Waals surface area contributed by atoms with E-state index in [2.05, 4.69) is 11.9 Å². The first-order valence-corrected chi connectivity index (χ1v) is 6.52. The number of fused-ring (bicyclic) bond motifs is 1. The van der Waals surface area contributed by atoms with Crippen LogP contribution in [0.5, 0.6) is 5.75 Å². The molecule has 0 radical (unpaired) electrons. The van der Waals surface area contributed by atoms with Gasteiger partial charge >= 0.3 is 5.97 Å². The topological polar surface area (TPSA) is 47.6 Å². The molecule has 1 heterocycles. The second-order valence-corrected chi connectivity index (χ2v) is 4.43. The summed E-state index contributed by atoms with van der Waals surface area (Å²) in [4.78, 5) is 11.5. The fourth-order valence-corrected chi connectivity index (χ4v) is 2.11. The summed E-state index contributed by atoms with van der Waals surface area (Å²) in [6.45, 7) is 7.01. The molecule has 1 aliphatic heterocycles. The van der Waals surface area contributed by atoms with Gasteiger partial charge in [0.1, 0.15) is 5.75 Å². The van der Waals surface area contributed by atoms with Crippen molar-refractivity contribution < 1.29 is 14.3 Å². The minimum atomic E-state index is -0.338. The maximum Gasteiger partial charge on any atom is 0.334 e. The molecule has 1 N–H and O–H groups in total. The Morgan fingerprint density at radius 1 is 1.53 bits per heavy atom. The average Bonchev–Trinajstić information content (AvgIpc) is 2.45. The predicted molar refractivity (Wildman–Crippen MR) is 73.1 cm³/mol. The van der Waals surface area contributed by atoms with Crippen LogP contribution in [-0.4, -0.2) is 25.7 Å². The maximum atomic E-state index is 11.5. The zero-order chi connectivity index (χ0) is 13.7. The first-order valence-electron chi connectivity index (χ1n) is 6.52. The van der Waals surface area contributed by atoms with Crippen molar-refractivity contribution in [3.63, 3.8) is 0 Å². The molecule has 4 heteroatoms. The van der Waals surface area contributed by atoms with Gasteiger partial charge in [0, 0.05) is 30.1 Å². The molecule has 102 valence electrons. The monoisotopic (exact) mass is 261 g/mol. The number of esters is 1. The van der Waals surface area contributed by atoms with Crippen LogP contribution in [0.1, 0.15) is 24.9 Å². The summed E-state index contributed by atoms with van der Waals surface area (Å²) >= 11 is 0. The smallest absolute Gasteiger partial charge is 0.334 e. The van der Waals surface area contributed by atoms with Crippen molar-refractivity contribution in [2.75, 3.05) is 19.8 Å². The SMILES string of the molecule is C=C(CNC1CCOc2ccccc21)C(=O)OCC. The van der Waals surface area contributed by atoms with Gasteiger partial charge in [-0.05, 0) is 13.0 Å². The number of carbonyl (C=O) groups excluding carboxylic acids is 1. The molecule has 0 saturated heterocycles. The Balaban J connectivity index is 1.94. The van der Waals surface area contributed by atoms with Crippen LogP contribution in [0, 0.1) is 0 Å². The lowest BCUT2D eigenvalue weighted by atomic mass is 10.0. The number of nitrogens with one attached hydrogen (secondary N) is 1. The molecule has 4 nitrogen and oxygen atoms in total. The Morgan fingerprint density at radius 2 is 2.32 bits per heavy atom. The van der Waals surface area contributed by atoms with Gasteiger partial charge in [0.15, 0.2) is 0 Å². The van der Waals surface area contributed by atoms with Crippen molar-refractivity contribution in [1.82, 2.24) is 5.32 Å². The van der Waals surface area contributed by atoms with Gasteiger partial charge in [-0.2, -0.15) is 0 Å². The van der Waals surface area contributed by atoms with E-state index < -0.39 is 0 Å². The number of carbonyl (C=O) groups is 1.